The van der Waals surface area contributed by atoms with E-state index in [1.54, 1.807) is 12.1 Å². The predicted molar refractivity (Wildman–Crippen MR) is 88.7 cm³/mol. The molecule has 0 spiro atoms. The lowest BCUT2D eigenvalue weighted by atomic mass is 10.0. The smallest absolute Gasteiger partial charge is 0.216 e. The minimum absolute atomic E-state index is 0.0635. The van der Waals surface area contributed by atoms with Crippen LogP contribution in [0.5, 0.6) is 0 Å². The first kappa shape index (κ1) is 16.5. The largest absolute Gasteiger partial charge is 0.356 e. The molecule has 5 heteroatoms. The minimum Gasteiger partial charge on any atom is -0.356 e. The number of nitrogens with one attached hydrogen (secondary N) is 1. The van der Waals surface area contributed by atoms with E-state index >= 15 is 0 Å². The van der Waals surface area contributed by atoms with Crippen LogP contribution in [0.1, 0.15) is 25.8 Å². The summed E-state index contributed by atoms with van der Waals surface area (Å²) in [6, 6.07) is 11.2. The van der Waals surface area contributed by atoms with Crippen LogP contribution >= 0.6 is 0 Å². The maximum atomic E-state index is 12.2. The average molecular weight is 319 g/mol. The fourth-order valence-corrected chi connectivity index (χ4v) is 3.83. The van der Waals surface area contributed by atoms with Crippen LogP contribution in [0.4, 0.5) is 0 Å². The second kappa shape index (κ2) is 6.92. The first-order chi connectivity index (χ1) is 10.4. The second-order valence-corrected chi connectivity index (χ2v) is 7.46. The third-order valence-corrected chi connectivity index (χ3v) is 5.46. The zero-order valence-electron chi connectivity index (χ0n) is 12.9. The van der Waals surface area contributed by atoms with Crippen LogP contribution in [0.2, 0.25) is 0 Å². The monoisotopic (exact) mass is 319 g/mol. The van der Waals surface area contributed by atoms with Gasteiger partial charge in [0.1, 0.15) is 0 Å². The van der Waals surface area contributed by atoms with Crippen LogP contribution in [0.25, 0.3) is 10.8 Å². The van der Waals surface area contributed by atoms with Crippen LogP contribution in [-0.4, -0.2) is 26.6 Å². The highest BCUT2D eigenvalue weighted by Gasteiger charge is 2.14. The van der Waals surface area contributed by atoms with E-state index < -0.39 is 9.84 Å². The van der Waals surface area contributed by atoms with E-state index in [-0.39, 0.29) is 11.7 Å². The Morgan fingerprint density at radius 2 is 1.95 bits per heavy atom. The van der Waals surface area contributed by atoms with Gasteiger partial charge in [-0.25, -0.2) is 8.42 Å². The van der Waals surface area contributed by atoms with Crippen molar-refractivity contribution < 1.29 is 13.2 Å². The summed E-state index contributed by atoms with van der Waals surface area (Å²) in [5.41, 5.74) is 1.04. The first-order valence-electron chi connectivity index (χ1n) is 7.43. The number of amides is 1. The molecule has 1 N–H and O–H groups in total. The molecule has 118 valence electrons. The normalized spacial score (nSPS) is 11.5. The zero-order valence-corrected chi connectivity index (χ0v) is 13.7. The van der Waals surface area contributed by atoms with Crippen LogP contribution in [0.3, 0.4) is 0 Å². The van der Waals surface area contributed by atoms with Gasteiger partial charge < -0.3 is 5.32 Å². The molecule has 0 radical (unpaired) electrons. The molecule has 22 heavy (non-hydrogen) atoms. The minimum atomic E-state index is -3.22. The molecule has 0 fully saturated rings. The Kier molecular flexibility index (Phi) is 5.19. The van der Waals surface area contributed by atoms with Gasteiger partial charge in [-0.05, 0) is 41.3 Å². The fourth-order valence-electron chi connectivity index (χ4n) is 2.49. The van der Waals surface area contributed by atoms with Crippen molar-refractivity contribution in [1.82, 2.24) is 5.32 Å². The standard InChI is InChI=1S/C17H21NO3S/c1-3-11-22(20,21)16-8-7-14-5-4-6-15(17(14)12-16)9-10-18-13(2)19/h4-8,12H,3,9-11H2,1-2H3,(H,18,19). The highest BCUT2D eigenvalue weighted by Crippen LogP contribution is 2.24. The molecule has 0 atom stereocenters. The third-order valence-electron chi connectivity index (χ3n) is 3.54. The van der Waals surface area contributed by atoms with Gasteiger partial charge in [0.05, 0.1) is 10.6 Å². The number of carbonyl (C=O) groups excluding carboxylic acids is 1. The quantitative estimate of drug-likeness (QED) is 0.890. The Morgan fingerprint density at radius 1 is 1.18 bits per heavy atom. The lowest BCUT2D eigenvalue weighted by Crippen LogP contribution is -2.22. The molecule has 0 saturated heterocycles. The fraction of sp³-hybridized carbons (Fsp3) is 0.353. The molecule has 4 nitrogen and oxygen atoms in total. The van der Waals surface area contributed by atoms with Crippen molar-refractivity contribution in [2.24, 2.45) is 0 Å². The number of carbonyl (C=O) groups is 1. The molecule has 0 bridgehead atoms. The molecule has 2 aromatic rings. The van der Waals surface area contributed by atoms with Gasteiger partial charge >= 0.3 is 0 Å². The Labute approximate surface area is 131 Å². The summed E-state index contributed by atoms with van der Waals surface area (Å²) in [5, 5.41) is 4.71. The summed E-state index contributed by atoms with van der Waals surface area (Å²) >= 11 is 0. The molecular weight excluding hydrogens is 298 g/mol. The molecular formula is C17H21NO3S. The van der Waals surface area contributed by atoms with E-state index in [4.69, 9.17) is 0 Å². The van der Waals surface area contributed by atoms with Gasteiger partial charge in [0.15, 0.2) is 9.84 Å². The van der Waals surface area contributed by atoms with Crippen molar-refractivity contribution in [3.8, 4) is 0 Å². The Hall–Kier alpha value is -1.88. The van der Waals surface area contributed by atoms with Gasteiger partial charge in [-0.3, -0.25) is 4.79 Å². The lowest BCUT2D eigenvalue weighted by molar-refractivity contribution is -0.118. The molecule has 0 aliphatic heterocycles. The predicted octanol–water partition coefficient (Wildman–Crippen LogP) is 2.70. The van der Waals surface area contributed by atoms with Gasteiger partial charge in [0.2, 0.25) is 5.91 Å². The lowest BCUT2D eigenvalue weighted by Gasteiger charge is -2.09. The molecule has 2 rings (SSSR count). The van der Waals surface area contributed by atoms with Crippen LogP contribution < -0.4 is 5.32 Å². The topological polar surface area (TPSA) is 63.2 Å². The number of fused-ring (bicyclic) bond motifs is 1. The Balaban J connectivity index is 2.39. The number of hydrogen-bond acceptors (Lipinski definition) is 3. The van der Waals surface area contributed by atoms with Crippen LogP contribution in [0.15, 0.2) is 41.3 Å². The highest BCUT2D eigenvalue weighted by atomic mass is 32.2. The summed E-state index contributed by atoms with van der Waals surface area (Å²) < 4.78 is 24.5. The Morgan fingerprint density at radius 3 is 2.64 bits per heavy atom. The third kappa shape index (κ3) is 3.85. The molecule has 1 amide bonds. The zero-order chi connectivity index (χ0) is 16.2. The summed E-state index contributed by atoms with van der Waals surface area (Å²) in [4.78, 5) is 11.3. The average Bonchev–Trinajstić information content (AvgIpc) is 2.46. The molecule has 0 aliphatic carbocycles. The van der Waals surface area contributed by atoms with Crippen molar-refractivity contribution >= 4 is 26.5 Å². The number of rotatable bonds is 6. The Bertz CT molecular complexity index is 782. The summed E-state index contributed by atoms with van der Waals surface area (Å²) in [6.07, 6.45) is 1.28. The molecule has 0 saturated carbocycles. The van der Waals surface area contributed by atoms with Gasteiger partial charge in [-0.15, -0.1) is 0 Å². The first-order valence-corrected chi connectivity index (χ1v) is 9.08. The van der Waals surface area contributed by atoms with Crippen molar-refractivity contribution in [3.05, 3.63) is 42.0 Å². The number of benzene rings is 2. The van der Waals surface area contributed by atoms with Crippen LogP contribution in [0, 0.1) is 0 Å². The second-order valence-electron chi connectivity index (χ2n) is 5.35. The van der Waals surface area contributed by atoms with Crippen molar-refractivity contribution in [3.63, 3.8) is 0 Å². The van der Waals surface area contributed by atoms with E-state index in [1.165, 1.54) is 6.92 Å². The van der Waals surface area contributed by atoms with Gasteiger partial charge in [0, 0.05) is 13.5 Å². The van der Waals surface area contributed by atoms with E-state index in [0.29, 0.717) is 24.3 Å². The summed E-state index contributed by atoms with van der Waals surface area (Å²) in [6.45, 7) is 3.89. The van der Waals surface area contributed by atoms with E-state index in [9.17, 15) is 13.2 Å². The SMILES string of the molecule is CCCS(=O)(=O)c1ccc2cccc(CCNC(C)=O)c2c1. The molecule has 2 aromatic carbocycles. The van der Waals surface area contributed by atoms with E-state index in [1.807, 2.05) is 31.2 Å². The van der Waals surface area contributed by atoms with Crippen LogP contribution in [-0.2, 0) is 21.1 Å². The van der Waals surface area contributed by atoms with Crippen molar-refractivity contribution in [2.45, 2.75) is 31.6 Å². The molecule has 0 unspecified atom stereocenters. The molecule has 0 aliphatic rings. The van der Waals surface area contributed by atoms with Gasteiger partial charge in [-0.1, -0.05) is 31.2 Å². The van der Waals surface area contributed by atoms with Gasteiger partial charge in [0.25, 0.3) is 0 Å². The summed E-state index contributed by atoms with van der Waals surface area (Å²) in [5.74, 6) is 0.0958. The maximum absolute atomic E-state index is 12.2. The summed E-state index contributed by atoms with van der Waals surface area (Å²) in [7, 11) is -3.22. The van der Waals surface area contributed by atoms with E-state index in [0.717, 1.165) is 16.3 Å². The highest BCUT2D eigenvalue weighted by molar-refractivity contribution is 7.91. The molecule has 0 aromatic heterocycles. The van der Waals surface area contributed by atoms with E-state index in [2.05, 4.69) is 5.32 Å². The molecule has 0 heterocycles. The van der Waals surface area contributed by atoms with Crippen molar-refractivity contribution in [2.75, 3.05) is 12.3 Å². The van der Waals surface area contributed by atoms with Crippen molar-refractivity contribution in [1.29, 1.82) is 0 Å². The number of hydrogen-bond donors (Lipinski definition) is 1. The number of sulfone groups is 1. The maximum Gasteiger partial charge on any atom is 0.216 e. The van der Waals surface area contributed by atoms with Gasteiger partial charge in [-0.2, -0.15) is 0 Å².